The summed E-state index contributed by atoms with van der Waals surface area (Å²) in [5, 5.41) is -0.267. The molecule has 11 heteroatoms. The van der Waals surface area contributed by atoms with E-state index in [4.69, 9.17) is 21.1 Å². The van der Waals surface area contributed by atoms with E-state index in [1.807, 2.05) is 0 Å². The predicted octanol–water partition coefficient (Wildman–Crippen LogP) is 3.70. The second-order valence-electron chi connectivity index (χ2n) is 6.76. The zero-order chi connectivity index (χ0) is 22.5. The Morgan fingerprint density at radius 2 is 1.97 bits per heavy atom. The minimum absolute atomic E-state index is 0.197. The Balaban J connectivity index is 1.71. The Labute approximate surface area is 197 Å². The predicted molar refractivity (Wildman–Crippen MR) is 120 cm³/mol. The molecule has 0 bridgehead atoms. The number of rotatable bonds is 7. The highest BCUT2D eigenvalue weighted by molar-refractivity contribution is 9.10. The van der Waals surface area contributed by atoms with Crippen molar-refractivity contribution in [2.24, 2.45) is 0 Å². The summed E-state index contributed by atoms with van der Waals surface area (Å²) >= 11 is 10.4. The molecule has 31 heavy (non-hydrogen) atoms. The van der Waals surface area contributed by atoms with Gasteiger partial charge in [-0.2, -0.15) is 0 Å². The van der Waals surface area contributed by atoms with Crippen LogP contribution in [0.2, 0.25) is 5.02 Å². The van der Waals surface area contributed by atoms with Gasteiger partial charge in [0.05, 0.1) is 21.0 Å². The number of nitrogens with zero attached hydrogens (tertiary/aromatic N) is 2. The fourth-order valence-corrected chi connectivity index (χ4v) is 4.95. The topological polar surface area (TPSA) is 93.2 Å². The van der Waals surface area contributed by atoms with Crippen molar-refractivity contribution in [3.63, 3.8) is 0 Å². The molecule has 0 N–H and O–H groups in total. The van der Waals surface area contributed by atoms with Crippen LogP contribution in [0, 0.1) is 0 Å². The van der Waals surface area contributed by atoms with Crippen LogP contribution >= 0.6 is 39.3 Å². The van der Waals surface area contributed by atoms with Crippen molar-refractivity contribution in [1.29, 1.82) is 0 Å². The molecular formula is C20H20BrClN2O6S. The lowest BCUT2D eigenvalue weighted by molar-refractivity contribution is -0.145. The highest BCUT2D eigenvalue weighted by atomic mass is 79.9. The molecule has 0 unspecified atom stereocenters. The summed E-state index contributed by atoms with van der Waals surface area (Å²) in [5.74, 6) is -1.00. The molecule has 1 aromatic rings. The normalized spacial score (nSPS) is 17.6. The first-order valence-electron chi connectivity index (χ1n) is 9.60. The van der Waals surface area contributed by atoms with Gasteiger partial charge in [0.2, 0.25) is 5.91 Å². The number of hydrogen-bond donors (Lipinski definition) is 0. The molecule has 2 aliphatic heterocycles. The van der Waals surface area contributed by atoms with Crippen LogP contribution in [-0.4, -0.2) is 65.7 Å². The molecule has 0 atom stereocenters. The first-order valence-corrected chi connectivity index (χ1v) is 11.6. The number of amides is 3. The fourth-order valence-electron chi connectivity index (χ4n) is 3.12. The molecule has 1 aromatic carbocycles. The van der Waals surface area contributed by atoms with Crippen LogP contribution in [0.25, 0.3) is 6.08 Å². The second kappa shape index (κ2) is 10.5. The van der Waals surface area contributed by atoms with Crippen LogP contribution in [0.1, 0.15) is 25.3 Å². The standard InChI is InChI=1S/C20H20BrClN2O6S/c1-2-29-17(26)11-30-18-13(21)7-12(8-14(18)22)9-15-19(27)24(20(28)31-15)10-16(25)23-5-3-4-6-23/h7-9H,2-6,10-11H2,1H3/b15-9+. The Bertz CT molecular complexity index is 925. The van der Waals surface area contributed by atoms with Crippen LogP contribution in [0.3, 0.4) is 0 Å². The van der Waals surface area contributed by atoms with E-state index in [9.17, 15) is 19.2 Å². The number of carbonyl (C=O) groups is 4. The van der Waals surface area contributed by atoms with Gasteiger partial charge in [0.25, 0.3) is 11.1 Å². The summed E-state index contributed by atoms with van der Waals surface area (Å²) in [6.45, 7) is 2.70. The molecule has 2 heterocycles. The molecule has 2 aliphatic rings. The highest BCUT2D eigenvalue weighted by Gasteiger charge is 2.37. The van der Waals surface area contributed by atoms with Crippen molar-refractivity contribution in [3.05, 3.63) is 32.1 Å². The lowest BCUT2D eigenvalue weighted by atomic mass is 10.2. The van der Waals surface area contributed by atoms with E-state index in [0.717, 1.165) is 29.5 Å². The van der Waals surface area contributed by atoms with Gasteiger partial charge in [-0.3, -0.25) is 19.3 Å². The zero-order valence-electron chi connectivity index (χ0n) is 16.7. The molecule has 3 rings (SSSR count). The molecule has 2 saturated heterocycles. The van der Waals surface area contributed by atoms with E-state index in [0.29, 0.717) is 23.1 Å². The molecule has 0 spiro atoms. The molecule has 2 fully saturated rings. The summed E-state index contributed by atoms with van der Waals surface area (Å²) in [5.41, 5.74) is 0.553. The van der Waals surface area contributed by atoms with E-state index < -0.39 is 17.1 Å². The summed E-state index contributed by atoms with van der Waals surface area (Å²) in [6.07, 6.45) is 3.39. The first-order chi connectivity index (χ1) is 14.8. The van der Waals surface area contributed by atoms with Crippen molar-refractivity contribution in [2.45, 2.75) is 19.8 Å². The van der Waals surface area contributed by atoms with E-state index in [1.165, 1.54) is 6.08 Å². The van der Waals surface area contributed by atoms with Gasteiger partial charge in [0.1, 0.15) is 6.54 Å². The van der Waals surface area contributed by atoms with Crippen molar-refractivity contribution in [1.82, 2.24) is 9.80 Å². The Morgan fingerprint density at radius 3 is 2.61 bits per heavy atom. The second-order valence-corrected chi connectivity index (χ2v) is 9.02. The maximum Gasteiger partial charge on any atom is 0.344 e. The number of esters is 1. The Hall–Kier alpha value is -2.04. The van der Waals surface area contributed by atoms with Crippen molar-refractivity contribution in [3.8, 4) is 5.75 Å². The number of hydrogen-bond acceptors (Lipinski definition) is 7. The van der Waals surface area contributed by atoms with E-state index in [-0.39, 0.29) is 41.3 Å². The van der Waals surface area contributed by atoms with Gasteiger partial charge in [-0.25, -0.2) is 4.79 Å². The summed E-state index contributed by atoms with van der Waals surface area (Å²) in [4.78, 5) is 51.6. The number of benzene rings is 1. The minimum atomic E-state index is -0.522. The largest absolute Gasteiger partial charge is 0.479 e. The number of carbonyl (C=O) groups excluding carboxylic acids is 4. The third-order valence-corrected chi connectivity index (χ3v) is 6.36. The summed E-state index contributed by atoms with van der Waals surface area (Å²) in [7, 11) is 0. The lowest BCUT2D eigenvalue weighted by Gasteiger charge is -2.18. The smallest absolute Gasteiger partial charge is 0.344 e. The Morgan fingerprint density at radius 1 is 1.26 bits per heavy atom. The lowest BCUT2D eigenvalue weighted by Crippen LogP contribution is -2.40. The van der Waals surface area contributed by atoms with Crippen LogP contribution in [-0.2, 0) is 19.1 Å². The first kappa shape index (κ1) is 23.6. The molecule has 3 amide bonds. The van der Waals surface area contributed by atoms with Crippen LogP contribution in [0.15, 0.2) is 21.5 Å². The molecular weight excluding hydrogens is 512 g/mol. The quantitative estimate of drug-likeness (QED) is 0.391. The zero-order valence-corrected chi connectivity index (χ0v) is 19.8. The maximum atomic E-state index is 12.7. The van der Waals surface area contributed by atoms with Crippen molar-refractivity contribution in [2.75, 3.05) is 32.8 Å². The summed E-state index contributed by atoms with van der Waals surface area (Å²) < 4.78 is 10.7. The number of halogens is 2. The van der Waals surface area contributed by atoms with Gasteiger partial charge in [-0.15, -0.1) is 0 Å². The van der Waals surface area contributed by atoms with Gasteiger partial charge >= 0.3 is 5.97 Å². The number of thioether (sulfide) groups is 1. The van der Waals surface area contributed by atoms with E-state index in [2.05, 4.69) is 15.9 Å². The summed E-state index contributed by atoms with van der Waals surface area (Å²) in [6, 6.07) is 3.20. The average molecular weight is 532 g/mol. The van der Waals surface area contributed by atoms with Gasteiger partial charge < -0.3 is 14.4 Å². The van der Waals surface area contributed by atoms with Crippen LogP contribution in [0.5, 0.6) is 5.75 Å². The highest BCUT2D eigenvalue weighted by Crippen LogP contribution is 2.37. The molecule has 0 radical (unpaired) electrons. The van der Waals surface area contributed by atoms with Gasteiger partial charge in [-0.05, 0) is 71.2 Å². The van der Waals surface area contributed by atoms with Crippen LogP contribution in [0.4, 0.5) is 4.79 Å². The number of imide groups is 1. The fraction of sp³-hybridized carbons (Fsp3) is 0.400. The SMILES string of the molecule is CCOC(=O)COc1c(Cl)cc(/C=C2/SC(=O)N(CC(=O)N3CCCC3)C2=O)cc1Br. The van der Waals surface area contributed by atoms with Gasteiger partial charge in [-0.1, -0.05) is 11.6 Å². The molecule has 0 aromatic heterocycles. The van der Waals surface area contributed by atoms with Gasteiger partial charge in [0, 0.05) is 13.1 Å². The molecule has 8 nitrogen and oxygen atoms in total. The average Bonchev–Trinajstić information content (AvgIpc) is 3.33. The number of ether oxygens (including phenoxy) is 2. The third-order valence-electron chi connectivity index (χ3n) is 4.58. The Kier molecular flexibility index (Phi) is 8.01. The van der Waals surface area contributed by atoms with Crippen LogP contribution < -0.4 is 4.74 Å². The molecule has 0 saturated carbocycles. The minimum Gasteiger partial charge on any atom is -0.479 e. The number of likely N-dealkylation sites (tertiary alicyclic amines) is 1. The third kappa shape index (κ3) is 5.81. The van der Waals surface area contributed by atoms with Crippen molar-refractivity contribution < 1.29 is 28.7 Å². The van der Waals surface area contributed by atoms with E-state index in [1.54, 1.807) is 24.0 Å². The van der Waals surface area contributed by atoms with E-state index >= 15 is 0 Å². The van der Waals surface area contributed by atoms with Crippen molar-refractivity contribution >= 4 is 68.4 Å². The monoisotopic (exact) mass is 530 g/mol. The molecule has 0 aliphatic carbocycles. The maximum absolute atomic E-state index is 12.7. The van der Waals surface area contributed by atoms with Gasteiger partial charge in [0.15, 0.2) is 12.4 Å². The molecule has 166 valence electrons.